The van der Waals surface area contributed by atoms with E-state index in [1.165, 1.54) is 19.1 Å². The molecule has 0 unspecified atom stereocenters. The number of alkyl halides is 3. The molecular formula is C17H13ClF3N3O3. The molecule has 0 atom stereocenters. The number of pyridine rings is 1. The van der Waals surface area contributed by atoms with Crippen molar-refractivity contribution in [2.75, 3.05) is 5.43 Å². The van der Waals surface area contributed by atoms with Crippen molar-refractivity contribution in [3.05, 3.63) is 52.7 Å². The van der Waals surface area contributed by atoms with Crippen molar-refractivity contribution in [3.8, 4) is 28.6 Å². The van der Waals surface area contributed by atoms with Gasteiger partial charge in [-0.2, -0.15) is 17.8 Å². The number of benzene rings is 1. The molecule has 0 aliphatic carbocycles. The van der Waals surface area contributed by atoms with Crippen molar-refractivity contribution in [2.24, 2.45) is 0 Å². The quantitative estimate of drug-likeness (QED) is 0.486. The number of aromatic hydroxyl groups is 3. The van der Waals surface area contributed by atoms with E-state index in [2.05, 4.69) is 10.4 Å². The monoisotopic (exact) mass is 399 g/mol. The van der Waals surface area contributed by atoms with Crippen molar-refractivity contribution < 1.29 is 28.5 Å². The number of phenols is 1. The molecule has 0 aliphatic rings. The maximum absolute atomic E-state index is 12.8. The van der Waals surface area contributed by atoms with Gasteiger partial charge in [-0.05, 0) is 36.8 Å². The molecule has 0 bridgehead atoms. The highest BCUT2D eigenvalue weighted by molar-refractivity contribution is 6.30. The fourth-order valence-electron chi connectivity index (χ4n) is 2.59. The molecule has 142 valence electrons. The van der Waals surface area contributed by atoms with E-state index in [1.54, 1.807) is 12.1 Å². The van der Waals surface area contributed by atoms with E-state index in [0.29, 0.717) is 5.56 Å². The van der Waals surface area contributed by atoms with Gasteiger partial charge in [0.25, 0.3) is 0 Å². The lowest BCUT2D eigenvalue weighted by molar-refractivity contribution is -0.137. The van der Waals surface area contributed by atoms with E-state index in [0.717, 1.165) is 16.8 Å². The third-order valence-corrected chi connectivity index (χ3v) is 4.16. The Kier molecular flexibility index (Phi) is 4.56. The van der Waals surface area contributed by atoms with E-state index in [-0.39, 0.29) is 28.6 Å². The molecule has 0 saturated carbocycles. The highest BCUT2D eigenvalue weighted by Gasteiger charge is 2.34. The van der Waals surface area contributed by atoms with E-state index in [4.69, 9.17) is 11.6 Å². The second-order valence-corrected chi connectivity index (χ2v) is 6.04. The van der Waals surface area contributed by atoms with Gasteiger partial charge in [-0.15, -0.1) is 0 Å². The standard InChI is InChI=1S/C17H13ClF3N3O3/c1-8-13(9-3-2-4-10(25)7-9)16(27)24(15(8)26)23-12-6-5-11(14(18)22-12)17(19,20)21/h2-7,25-27H,1H3,(H,22,23). The minimum Gasteiger partial charge on any atom is -0.508 e. The Morgan fingerprint density at radius 2 is 1.78 bits per heavy atom. The first-order valence-electron chi connectivity index (χ1n) is 7.53. The Morgan fingerprint density at radius 3 is 2.37 bits per heavy atom. The number of hydrogen-bond donors (Lipinski definition) is 4. The smallest absolute Gasteiger partial charge is 0.419 e. The van der Waals surface area contributed by atoms with Gasteiger partial charge in [-0.1, -0.05) is 23.7 Å². The maximum Gasteiger partial charge on any atom is 0.419 e. The molecule has 0 radical (unpaired) electrons. The molecule has 0 aliphatic heterocycles. The summed E-state index contributed by atoms with van der Waals surface area (Å²) in [7, 11) is 0. The highest BCUT2D eigenvalue weighted by atomic mass is 35.5. The fraction of sp³-hybridized carbons (Fsp3) is 0.118. The van der Waals surface area contributed by atoms with Gasteiger partial charge in [0.2, 0.25) is 11.8 Å². The molecule has 1 aromatic carbocycles. The lowest BCUT2D eigenvalue weighted by Gasteiger charge is -2.12. The molecule has 2 heterocycles. The van der Waals surface area contributed by atoms with Crippen molar-refractivity contribution >= 4 is 17.4 Å². The molecule has 0 spiro atoms. The van der Waals surface area contributed by atoms with Crippen molar-refractivity contribution in [1.82, 2.24) is 9.66 Å². The maximum atomic E-state index is 12.8. The molecule has 6 nitrogen and oxygen atoms in total. The second kappa shape index (κ2) is 6.58. The average molecular weight is 400 g/mol. The normalized spacial score (nSPS) is 11.6. The number of rotatable bonds is 3. The summed E-state index contributed by atoms with van der Waals surface area (Å²) in [6.45, 7) is 1.53. The molecule has 0 fully saturated rings. The molecule has 27 heavy (non-hydrogen) atoms. The Bertz CT molecular complexity index is 1020. The molecule has 10 heteroatoms. The lowest BCUT2D eigenvalue weighted by atomic mass is 10.0. The van der Waals surface area contributed by atoms with Gasteiger partial charge in [0, 0.05) is 5.56 Å². The zero-order valence-corrected chi connectivity index (χ0v) is 14.5. The van der Waals surface area contributed by atoms with Gasteiger partial charge >= 0.3 is 6.18 Å². The molecule has 4 N–H and O–H groups in total. The van der Waals surface area contributed by atoms with Crippen LogP contribution in [0.25, 0.3) is 11.1 Å². The minimum atomic E-state index is -4.65. The number of nitrogens with one attached hydrogen (secondary N) is 1. The predicted molar refractivity (Wildman–Crippen MR) is 92.9 cm³/mol. The van der Waals surface area contributed by atoms with Crippen molar-refractivity contribution in [1.29, 1.82) is 0 Å². The molecule has 3 rings (SSSR count). The van der Waals surface area contributed by atoms with Crippen LogP contribution in [-0.2, 0) is 6.18 Å². The summed E-state index contributed by atoms with van der Waals surface area (Å²) in [5.41, 5.74) is 2.33. The van der Waals surface area contributed by atoms with Crippen LogP contribution in [0.3, 0.4) is 0 Å². The van der Waals surface area contributed by atoms with E-state index < -0.39 is 22.8 Å². The SMILES string of the molecule is Cc1c(-c2cccc(O)c2)c(O)n(Nc2ccc(C(F)(F)F)c(Cl)n2)c1O. The largest absolute Gasteiger partial charge is 0.508 e. The van der Waals surface area contributed by atoms with Crippen LogP contribution in [0.1, 0.15) is 11.1 Å². The van der Waals surface area contributed by atoms with Crippen LogP contribution >= 0.6 is 11.6 Å². The number of aromatic nitrogens is 2. The molecule has 2 aromatic heterocycles. The van der Waals surface area contributed by atoms with Crippen LogP contribution in [0.15, 0.2) is 36.4 Å². The molecule has 0 saturated heterocycles. The van der Waals surface area contributed by atoms with Gasteiger partial charge in [-0.25, -0.2) is 4.98 Å². The summed E-state index contributed by atoms with van der Waals surface area (Å²) in [5.74, 6) is -0.976. The van der Waals surface area contributed by atoms with E-state index in [1.807, 2.05) is 0 Å². The van der Waals surface area contributed by atoms with E-state index >= 15 is 0 Å². The van der Waals surface area contributed by atoms with Crippen LogP contribution < -0.4 is 5.43 Å². The van der Waals surface area contributed by atoms with Gasteiger partial charge in [0.15, 0.2) is 0 Å². The number of nitrogens with zero attached hydrogens (tertiary/aromatic N) is 2. The van der Waals surface area contributed by atoms with Gasteiger partial charge in [0.05, 0.1) is 11.1 Å². The fourth-order valence-corrected chi connectivity index (χ4v) is 2.86. The second-order valence-electron chi connectivity index (χ2n) is 5.68. The Balaban J connectivity index is 2.02. The summed E-state index contributed by atoms with van der Waals surface area (Å²) in [4.78, 5) is 3.59. The summed E-state index contributed by atoms with van der Waals surface area (Å²) in [6.07, 6.45) is -4.65. The Labute approximate surface area is 156 Å². The van der Waals surface area contributed by atoms with Crippen LogP contribution in [-0.4, -0.2) is 25.0 Å². The van der Waals surface area contributed by atoms with Crippen molar-refractivity contribution in [3.63, 3.8) is 0 Å². The zero-order valence-electron chi connectivity index (χ0n) is 13.7. The van der Waals surface area contributed by atoms with Crippen LogP contribution in [0.2, 0.25) is 5.15 Å². The first-order chi connectivity index (χ1) is 12.6. The minimum absolute atomic E-state index is 0.0392. The predicted octanol–water partition coefficient (Wildman–Crippen LogP) is 4.52. The summed E-state index contributed by atoms with van der Waals surface area (Å²) in [5, 5.41) is 29.6. The van der Waals surface area contributed by atoms with Crippen LogP contribution in [0.5, 0.6) is 17.5 Å². The van der Waals surface area contributed by atoms with Gasteiger partial charge in [0.1, 0.15) is 16.7 Å². The first-order valence-corrected chi connectivity index (χ1v) is 7.90. The third kappa shape index (κ3) is 3.45. The van der Waals surface area contributed by atoms with Gasteiger partial charge in [-0.3, -0.25) is 5.43 Å². The Hall–Kier alpha value is -3.07. The summed E-state index contributed by atoms with van der Waals surface area (Å²) >= 11 is 5.58. The molecule has 0 amide bonds. The van der Waals surface area contributed by atoms with Crippen molar-refractivity contribution in [2.45, 2.75) is 13.1 Å². The number of halogens is 4. The number of anilines is 1. The summed E-state index contributed by atoms with van der Waals surface area (Å²) in [6, 6.07) is 7.74. The third-order valence-electron chi connectivity index (χ3n) is 3.87. The lowest BCUT2D eigenvalue weighted by Crippen LogP contribution is -2.12. The van der Waals surface area contributed by atoms with Crippen LogP contribution in [0, 0.1) is 6.92 Å². The average Bonchev–Trinajstić information content (AvgIpc) is 2.77. The van der Waals surface area contributed by atoms with Crippen LogP contribution in [0.4, 0.5) is 19.0 Å². The topological polar surface area (TPSA) is 90.5 Å². The van der Waals surface area contributed by atoms with E-state index in [9.17, 15) is 28.5 Å². The Morgan fingerprint density at radius 1 is 1.07 bits per heavy atom. The zero-order chi connectivity index (χ0) is 19.9. The number of hydrogen-bond acceptors (Lipinski definition) is 5. The highest BCUT2D eigenvalue weighted by Crippen LogP contribution is 2.41. The van der Waals surface area contributed by atoms with Gasteiger partial charge < -0.3 is 15.3 Å². The molecular weight excluding hydrogens is 387 g/mol. The number of phenolic OH excluding ortho intramolecular Hbond substituents is 1. The first kappa shape index (κ1) is 18.7. The summed E-state index contributed by atoms with van der Waals surface area (Å²) < 4.78 is 39.1. The molecule has 3 aromatic rings.